The standard InChI is InChI=1S/C6H12F3NO2S/c1-3-13(11,12)10-5(2)4-6(7,8)9/h5,10H,3-4H2,1-2H3. The second-order valence-corrected chi connectivity index (χ2v) is 4.78. The van der Waals surface area contributed by atoms with E-state index in [1.54, 1.807) is 0 Å². The molecule has 13 heavy (non-hydrogen) atoms. The minimum absolute atomic E-state index is 0.213. The van der Waals surface area contributed by atoms with Crippen molar-refractivity contribution in [1.82, 2.24) is 4.72 Å². The maximum Gasteiger partial charge on any atom is 0.390 e. The maximum atomic E-state index is 11.8. The lowest BCUT2D eigenvalue weighted by molar-refractivity contribution is -0.137. The molecule has 0 aromatic rings. The highest BCUT2D eigenvalue weighted by Crippen LogP contribution is 2.21. The third kappa shape index (κ3) is 6.83. The first-order valence-electron chi connectivity index (χ1n) is 3.73. The number of alkyl halides is 3. The number of halogens is 3. The van der Waals surface area contributed by atoms with Gasteiger partial charge in [0.2, 0.25) is 10.0 Å². The van der Waals surface area contributed by atoms with Crippen LogP contribution in [0.25, 0.3) is 0 Å². The van der Waals surface area contributed by atoms with E-state index in [1.807, 2.05) is 4.72 Å². The molecule has 80 valence electrons. The van der Waals surface area contributed by atoms with Gasteiger partial charge in [-0.3, -0.25) is 0 Å². The molecule has 3 nitrogen and oxygen atoms in total. The van der Waals surface area contributed by atoms with E-state index in [2.05, 4.69) is 0 Å². The summed E-state index contributed by atoms with van der Waals surface area (Å²) in [6.07, 6.45) is -5.48. The van der Waals surface area contributed by atoms with Crippen molar-refractivity contribution in [2.75, 3.05) is 5.75 Å². The van der Waals surface area contributed by atoms with Gasteiger partial charge in [-0.2, -0.15) is 13.2 Å². The van der Waals surface area contributed by atoms with Gasteiger partial charge in [-0.15, -0.1) is 0 Å². The smallest absolute Gasteiger partial charge is 0.212 e. The Balaban J connectivity index is 4.10. The van der Waals surface area contributed by atoms with Crippen LogP contribution in [-0.2, 0) is 10.0 Å². The Bertz CT molecular complexity index is 247. The molecule has 0 amide bonds. The van der Waals surface area contributed by atoms with Crippen LogP contribution < -0.4 is 4.72 Å². The van der Waals surface area contributed by atoms with Crippen molar-refractivity contribution in [1.29, 1.82) is 0 Å². The average molecular weight is 219 g/mol. The lowest BCUT2D eigenvalue weighted by atomic mass is 10.2. The van der Waals surface area contributed by atoms with Gasteiger partial charge in [0, 0.05) is 6.04 Å². The van der Waals surface area contributed by atoms with Crippen LogP contribution in [0.3, 0.4) is 0 Å². The Labute approximate surface area is 75.4 Å². The van der Waals surface area contributed by atoms with Crippen molar-refractivity contribution < 1.29 is 21.6 Å². The van der Waals surface area contributed by atoms with Gasteiger partial charge in [-0.05, 0) is 13.8 Å². The minimum atomic E-state index is -4.34. The molecule has 0 aromatic carbocycles. The summed E-state index contributed by atoms with van der Waals surface area (Å²) in [7, 11) is -3.54. The molecule has 0 aromatic heterocycles. The third-order valence-electron chi connectivity index (χ3n) is 1.30. The highest BCUT2D eigenvalue weighted by Gasteiger charge is 2.31. The molecule has 0 saturated heterocycles. The highest BCUT2D eigenvalue weighted by atomic mass is 32.2. The van der Waals surface area contributed by atoms with Gasteiger partial charge in [-0.1, -0.05) is 0 Å². The molecule has 0 aliphatic heterocycles. The molecular weight excluding hydrogens is 207 g/mol. The maximum absolute atomic E-state index is 11.8. The summed E-state index contributed by atoms with van der Waals surface area (Å²) < 4.78 is 58.8. The summed E-state index contributed by atoms with van der Waals surface area (Å²) in [5.74, 6) is -0.213. The van der Waals surface area contributed by atoms with Crippen molar-refractivity contribution in [3.63, 3.8) is 0 Å². The van der Waals surface area contributed by atoms with Gasteiger partial charge < -0.3 is 0 Å². The van der Waals surface area contributed by atoms with E-state index >= 15 is 0 Å². The van der Waals surface area contributed by atoms with Crippen LogP contribution in [0.2, 0.25) is 0 Å². The molecule has 1 atom stereocenters. The molecular formula is C6H12F3NO2S. The van der Waals surface area contributed by atoms with Gasteiger partial charge in [0.1, 0.15) is 0 Å². The van der Waals surface area contributed by atoms with Gasteiger partial charge in [0.05, 0.1) is 12.2 Å². The normalized spacial score (nSPS) is 15.8. The van der Waals surface area contributed by atoms with E-state index in [4.69, 9.17) is 0 Å². The molecule has 0 fully saturated rings. The van der Waals surface area contributed by atoms with Gasteiger partial charge in [0.15, 0.2) is 0 Å². The molecule has 0 radical (unpaired) electrons. The lowest BCUT2D eigenvalue weighted by Crippen LogP contribution is -2.36. The van der Waals surface area contributed by atoms with Gasteiger partial charge >= 0.3 is 6.18 Å². The fraction of sp³-hybridized carbons (Fsp3) is 1.00. The van der Waals surface area contributed by atoms with Crippen LogP contribution in [0.5, 0.6) is 0 Å². The summed E-state index contributed by atoms with van der Waals surface area (Å²) >= 11 is 0. The molecule has 0 aliphatic rings. The minimum Gasteiger partial charge on any atom is -0.212 e. The first-order valence-corrected chi connectivity index (χ1v) is 5.38. The Morgan fingerprint density at radius 2 is 1.85 bits per heavy atom. The monoisotopic (exact) mass is 219 g/mol. The van der Waals surface area contributed by atoms with Crippen molar-refractivity contribution >= 4 is 10.0 Å². The van der Waals surface area contributed by atoms with Crippen LogP contribution >= 0.6 is 0 Å². The van der Waals surface area contributed by atoms with E-state index < -0.39 is 28.7 Å². The van der Waals surface area contributed by atoms with E-state index in [1.165, 1.54) is 13.8 Å². The molecule has 0 aliphatic carbocycles. The summed E-state index contributed by atoms with van der Waals surface area (Å²) in [4.78, 5) is 0. The van der Waals surface area contributed by atoms with Crippen LogP contribution in [-0.4, -0.2) is 26.4 Å². The Kier molecular flexibility index (Phi) is 4.18. The molecule has 1 N–H and O–H groups in total. The van der Waals surface area contributed by atoms with Crippen molar-refractivity contribution in [2.45, 2.75) is 32.5 Å². The molecule has 1 unspecified atom stereocenters. The van der Waals surface area contributed by atoms with Crippen LogP contribution in [0.4, 0.5) is 13.2 Å². The summed E-state index contributed by atoms with van der Waals surface area (Å²) in [6.45, 7) is 2.54. The quantitative estimate of drug-likeness (QED) is 0.773. The highest BCUT2D eigenvalue weighted by molar-refractivity contribution is 7.89. The molecule has 7 heteroatoms. The summed E-state index contributed by atoms with van der Waals surface area (Å²) in [5.41, 5.74) is 0. The zero-order chi connectivity index (χ0) is 10.7. The van der Waals surface area contributed by atoms with E-state index in [0.717, 1.165) is 0 Å². The van der Waals surface area contributed by atoms with E-state index in [-0.39, 0.29) is 5.75 Å². The zero-order valence-electron chi connectivity index (χ0n) is 7.35. The fourth-order valence-electron chi connectivity index (χ4n) is 0.779. The van der Waals surface area contributed by atoms with Crippen LogP contribution in [0.1, 0.15) is 20.3 Å². The Morgan fingerprint density at radius 3 is 2.15 bits per heavy atom. The molecule has 0 heterocycles. The first-order chi connectivity index (χ1) is 5.66. The largest absolute Gasteiger partial charge is 0.390 e. The topological polar surface area (TPSA) is 46.2 Å². The first kappa shape index (κ1) is 12.7. The molecule has 0 spiro atoms. The summed E-state index contributed by atoms with van der Waals surface area (Å²) in [6, 6.07) is -1.11. The summed E-state index contributed by atoms with van der Waals surface area (Å²) in [5, 5.41) is 0. The van der Waals surface area contributed by atoms with Crippen molar-refractivity contribution in [3.8, 4) is 0 Å². The van der Waals surface area contributed by atoms with Crippen LogP contribution in [0, 0.1) is 0 Å². The second kappa shape index (κ2) is 4.28. The zero-order valence-corrected chi connectivity index (χ0v) is 8.17. The molecule has 0 bridgehead atoms. The molecule has 0 saturated carbocycles. The third-order valence-corrected chi connectivity index (χ3v) is 2.82. The van der Waals surface area contributed by atoms with Crippen molar-refractivity contribution in [3.05, 3.63) is 0 Å². The van der Waals surface area contributed by atoms with Gasteiger partial charge in [0.25, 0.3) is 0 Å². The Morgan fingerprint density at radius 1 is 1.38 bits per heavy atom. The fourth-order valence-corrected chi connectivity index (χ4v) is 1.64. The average Bonchev–Trinajstić information content (AvgIpc) is 1.81. The number of hydrogen-bond donors (Lipinski definition) is 1. The molecule has 0 rings (SSSR count). The number of rotatable bonds is 4. The predicted molar refractivity (Wildman–Crippen MR) is 42.7 cm³/mol. The number of hydrogen-bond acceptors (Lipinski definition) is 2. The predicted octanol–water partition coefficient (Wildman–Crippen LogP) is 1.27. The van der Waals surface area contributed by atoms with Crippen molar-refractivity contribution in [2.24, 2.45) is 0 Å². The number of sulfonamides is 1. The lowest BCUT2D eigenvalue weighted by Gasteiger charge is -2.14. The van der Waals surface area contributed by atoms with Gasteiger partial charge in [-0.25, -0.2) is 13.1 Å². The SMILES string of the molecule is CCS(=O)(=O)NC(C)CC(F)(F)F. The number of nitrogens with one attached hydrogen (secondary N) is 1. The van der Waals surface area contributed by atoms with E-state index in [9.17, 15) is 21.6 Å². The Hall–Kier alpha value is -0.300. The van der Waals surface area contributed by atoms with E-state index in [0.29, 0.717) is 0 Å². The second-order valence-electron chi connectivity index (χ2n) is 2.74. The van der Waals surface area contributed by atoms with Crippen LogP contribution in [0.15, 0.2) is 0 Å².